The maximum Gasteiger partial charge on any atom is 0.0724 e. The lowest BCUT2D eigenvalue weighted by molar-refractivity contribution is -0.0794. The first-order valence-electron chi connectivity index (χ1n) is 6.96. The Morgan fingerprint density at radius 3 is 2.85 bits per heavy atom. The molecule has 1 aliphatic carbocycles. The van der Waals surface area contributed by atoms with Gasteiger partial charge in [0, 0.05) is 30.1 Å². The number of fused-ring (bicyclic) bond motifs is 1. The van der Waals surface area contributed by atoms with Crippen LogP contribution in [0.1, 0.15) is 20.3 Å². The van der Waals surface area contributed by atoms with Crippen molar-refractivity contribution < 1.29 is 4.74 Å². The van der Waals surface area contributed by atoms with Gasteiger partial charge in [-0.05, 0) is 30.7 Å². The van der Waals surface area contributed by atoms with Crippen LogP contribution in [0.2, 0.25) is 0 Å². The van der Waals surface area contributed by atoms with Crippen molar-refractivity contribution in [2.45, 2.75) is 32.4 Å². The number of nitrogen functional groups attached to an aromatic ring is 1. The van der Waals surface area contributed by atoms with Gasteiger partial charge >= 0.3 is 0 Å². The summed E-state index contributed by atoms with van der Waals surface area (Å²) in [5.74, 6) is 0. The molecule has 20 heavy (non-hydrogen) atoms. The molecule has 1 aliphatic rings. The number of anilines is 2. The molecule has 4 nitrogen and oxygen atoms in total. The molecule has 3 N–H and O–H groups in total. The standard InChI is InChI=1S/C16H21N3O/c1-16(2)13(9-14(16)20-3)19-12-7-6-11-10(15(12)17)5-4-8-18-11/h4-8,13-14,19H,9,17H2,1-3H3. The fraction of sp³-hybridized carbons (Fsp3) is 0.438. The van der Waals surface area contributed by atoms with Crippen LogP contribution in [0.4, 0.5) is 11.4 Å². The van der Waals surface area contributed by atoms with Crippen molar-refractivity contribution in [2.75, 3.05) is 18.2 Å². The van der Waals surface area contributed by atoms with Gasteiger partial charge in [0.25, 0.3) is 0 Å². The van der Waals surface area contributed by atoms with Crippen LogP contribution in [0, 0.1) is 5.41 Å². The highest BCUT2D eigenvalue weighted by Gasteiger charge is 2.48. The second kappa shape index (κ2) is 4.63. The van der Waals surface area contributed by atoms with Crippen molar-refractivity contribution in [3.8, 4) is 0 Å². The van der Waals surface area contributed by atoms with Gasteiger partial charge in [-0.2, -0.15) is 0 Å². The molecule has 1 heterocycles. The summed E-state index contributed by atoms with van der Waals surface area (Å²) in [6.45, 7) is 4.45. The number of hydrogen-bond donors (Lipinski definition) is 2. The number of benzene rings is 1. The number of aromatic nitrogens is 1. The molecule has 2 aromatic rings. The molecule has 106 valence electrons. The second-order valence-corrected chi connectivity index (χ2v) is 6.08. The number of nitrogens with one attached hydrogen (secondary N) is 1. The summed E-state index contributed by atoms with van der Waals surface area (Å²) in [4.78, 5) is 4.32. The molecule has 0 bridgehead atoms. The Kier molecular flexibility index (Phi) is 3.05. The van der Waals surface area contributed by atoms with Gasteiger partial charge in [-0.1, -0.05) is 13.8 Å². The number of rotatable bonds is 3. The molecule has 2 atom stereocenters. The first-order valence-corrected chi connectivity index (χ1v) is 6.96. The molecule has 0 radical (unpaired) electrons. The molecular weight excluding hydrogens is 250 g/mol. The molecule has 1 saturated carbocycles. The summed E-state index contributed by atoms with van der Waals surface area (Å²) in [5, 5.41) is 4.56. The predicted octanol–water partition coefficient (Wildman–Crippen LogP) is 3.04. The van der Waals surface area contributed by atoms with Crippen LogP contribution in [0.5, 0.6) is 0 Å². The molecule has 1 aromatic heterocycles. The van der Waals surface area contributed by atoms with Gasteiger partial charge in [-0.15, -0.1) is 0 Å². The monoisotopic (exact) mass is 271 g/mol. The van der Waals surface area contributed by atoms with Crippen LogP contribution in [0.25, 0.3) is 10.9 Å². The molecule has 0 spiro atoms. The summed E-state index contributed by atoms with van der Waals surface area (Å²) in [7, 11) is 1.78. The largest absolute Gasteiger partial charge is 0.397 e. The van der Waals surface area contributed by atoms with Gasteiger partial charge in [-0.3, -0.25) is 4.98 Å². The smallest absolute Gasteiger partial charge is 0.0724 e. The van der Waals surface area contributed by atoms with Crippen molar-refractivity contribution in [3.05, 3.63) is 30.5 Å². The van der Waals surface area contributed by atoms with E-state index in [0.717, 1.165) is 28.7 Å². The Hall–Kier alpha value is -1.81. The topological polar surface area (TPSA) is 60.2 Å². The lowest BCUT2D eigenvalue weighted by atomic mass is 9.64. The van der Waals surface area contributed by atoms with Crippen molar-refractivity contribution in [3.63, 3.8) is 0 Å². The number of nitrogens with two attached hydrogens (primary N) is 1. The molecule has 0 saturated heterocycles. The highest BCUT2D eigenvalue weighted by atomic mass is 16.5. The highest BCUT2D eigenvalue weighted by Crippen LogP contribution is 2.44. The summed E-state index contributed by atoms with van der Waals surface area (Å²) < 4.78 is 5.49. The van der Waals surface area contributed by atoms with E-state index in [4.69, 9.17) is 10.5 Å². The van der Waals surface area contributed by atoms with Crippen LogP contribution in [0.3, 0.4) is 0 Å². The Morgan fingerprint density at radius 2 is 2.15 bits per heavy atom. The molecular formula is C16H21N3O. The lowest BCUT2D eigenvalue weighted by Crippen LogP contribution is -2.57. The SMILES string of the molecule is COC1CC(Nc2ccc3ncccc3c2N)C1(C)C. The number of ether oxygens (including phenoxy) is 1. The maximum absolute atomic E-state index is 6.27. The zero-order valence-electron chi connectivity index (χ0n) is 12.2. The number of methoxy groups -OCH3 is 1. The predicted molar refractivity (Wildman–Crippen MR) is 82.8 cm³/mol. The fourth-order valence-electron chi connectivity index (χ4n) is 3.02. The Bertz CT molecular complexity index is 639. The van der Waals surface area contributed by atoms with Gasteiger partial charge < -0.3 is 15.8 Å². The zero-order chi connectivity index (χ0) is 14.3. The molecule has 0 amide bonds. The maximum atomic E-state index is 6.27. The molecule has 2 unspecified atom stereocenters. The average molecular weight is 271 g/mol. The van der Waals surface area contributed by atoms with Crippen LogP contribution < -0.4 is 11.1 Å². The van der Waals surface area contributed by atoms with Crippen molar-refractivity contribution >= 4 is 22.3 Å². The second-order valence-electron chi connectivity index (χ2n) is 6.08. The first kappa shape index (κ1) is 13.2. The van der Waals surface area contributed by atoms with E-state index in [2.05, 4.69) is 24.1 Å². The third kappa shape index (κ3) is 1.91. The Labute approximate surface area is 119 Å². The molecule has 0 aliphatic heterocycles. The quantitative estimate of drug-likeness (QED) is 0.842. The van der Waals surface area contributed by atoms with E-state index >= 15 is 0 Å². The number of nitrogens with zero attached hydrogens (tertiary/aromatic N) is 1. The lowest BCUT2D eigenvalue weighted by Gasteiger charge is -2.51. The number of hydrogen-bond acceptors (Lipinski definition) is 4. The minimum absolute atomic E-state index is 0.116. The summed E-state index contributed by atoms with van der Waals surface area (Å²) in [6.07, 6.45) is 3.10. The van der Waals surface area contributed by atoms with E-state index in [1.807, 2.05) is 24.3 Å². The van der Waals surface area contributed by atoms with Gasteiger partial charge in [0.1, 0.15) is 0 Å². The third-order valence-corrected chi connectivity index (χ3v) is 4.62. The minimum atomic E-state index is 0.116. The Balaban J connectivity index is 1.87. The fourth-order valence-corrected chi connectivity index (χ4v) is 3.02. The Morgan fingerprint density at radius 1 is 1.35 bits per heavy atom. The van der Waals surface area contributed by atoms with E-state index < -0.39 is 0 Å². The van der Waals surface area contributed by atoms with E-state index in [-0.39, 0.29) is 5.41 Å². The molecule has 1 fully saturated rings. The van der Waals surface area contributed by atoms with Crippen molar-refractivity contribution in [2.24, 2.45) is 5.41 Å². The molecule has 3 rings (SSSR count). The van der Waals surface area contributed by atoms with Gasteiger partial charge in [0.2, 0.25) is 0 Å². The van der Waals surface area contributed by atoms with Crippen LogP contribution in [-0.4, -0.2) is 24.2 Å². The van der Waals surface area contributed by atoms with Crippen molar-refractivity contribution in [1.29, 1.82) is 0 Å². The summed E-state index contributed by atoms with van der Waals surface area (Å²) in [5.41, 5.74) is 9.07. The van der Waals surface area contributed by atoms with Crippen molar-refractivity contribution in [1.82, 2.24) is 4.98 Å². The third-order valence-electron chi connectivity index (χ3n) is 4.62. The van der Waals surface area contributed by atoms with Gasteiger partial charge in [0.05, 0.1) is 23.0 Å². The van der Waals surface area contributed by atoms with Crippen LogP contribution in [-0.2, 0) is 4.74 Å². The first-order chi connectivity index (χ1) is 9.54. The van der Waals surface area contributed by atoms with E-state index in [0.29, 0.717) is 12.1 Å². The van der Waals surface area contributed by atoms with Gasteiger partial charge in [-0.25, -0.2) is 0 Å². The summed E-state index contributed by atoms with van der Waals surface area (Å²) in [6, 6.07) is 8.32. The van der Waals surface area contributed by atoms with Crippen LogP contribution in [0.15, 0.2) is 30.5 Å². The van der Waals surface area contributed by atoms with E-state index in [9.17, 15) is 0 Å². The molecule has 4 heteroatoms. The minimum Gasteiger partial charge on any atom is -0.397 e. The number of pyridine rings is 1. The van der Waals surface area contributed by atoms with Crippen LogP contribution >= 0.6 is 0 Å². The highest BCUT2D eigenvalue weighted by molar-refractivity contribution is 5.96. The van der Waals surface area contributed by atoms with E-state index in [1.54, 1.807) is 13.3 Å². The zero-order valence-corrected chi connectivity index (χ0v) is 12.2. The molecule has 1 aromatic carbocycles. The normalized spacial score (nSPS) is 24.4. The van der Waals surface area contributed by atoms with E-state index in [1.165, 1.54) is 0 Å². The summed E-state index contributed by atoms with van der Waals surface area (Å²) >= 11 is 0. The van der Waals surface area contributed by atoms with Gasteiger partial charge in [0.15, 0.2) is 0 Å². The average Bonchev–Trinajstić information content (AvgIpc) is 2.45.